The molecule has 6 nitrogen and oxygen atoms in total. The summed E-state index contributed by atoms with van der Waals surface area (Å²) in [5.74, 6) is 1.28. The Kier molecular flexibility index (Phi) is 4.03. The number of rotatable bonds is 4. The Labute approximate surface area is 145 Å². The Balaban J connectivity index is 1.53. The first kappa shape index (κ1) is 15.9. The molecule has 0 saturated carbocycles. The van der Waals surface area contributed by atoms with Gasteiger partial charge in [-0.25, -0.2) is 13.1 Å². The van der Waals surface area contributed by atoms with E-state index >= 15 is 0 Å². The van der Waals surface area contributed by atoms with E-state index in [9.17, 15) is 8.42 Å². The summed E-state index contributed by atoms with van der Waals surface area (Å²) in [5, 5.41) is 0.775. The number of sulfonamides is 1. The molecule has 0 spiro atoms. The van der Waals surface area contributed by atoms with Crippen LogP contribution in [0.2, 0.25) is 0 Å². The number of pyridine rings is 1. The van der Waals surface area contributed by atoms with Crippen LogP contribution in [-0.4, -0.2) is 32.7 Å². The smallest absolute Gasteiger partial charge is 0.242 e. The molecule has 1 aromatic heterocycles. The van der Waals surface area contributed by atoms with Crippen LogP contribution in [0.25, 0.3) is 10.9 Å². The van der Waals surface area contributed by atoms with E-state index < -0.39 is 16.1 Å². The summed E-state index contributed by atoms with van der Waals surface area (Å²) in [5.41, 5.74) is 0.448. The zero-order valence-electron chi connectivity index (χ0n) is 13.3. The van der Waals surface area contributed by atoms with E-state index in [1.807, 2.05) is 30.3 Å². The maximum atomic E-state index is 12.7. The van der Waals surface area contributed by atoms with Gasteiger partial charge in [0.25, 0.3) is 0 Å². The van der Waals surface area contributed by atoms with Crippen LogP contribution in [0.15, 0.2) is 65.7 Å². The van der Waals surface area contributed by atoms with Crippen molar-refractivity contribution in [3.63, 3.8) is 0 Å². The highest BCUT2D eigenvalue weighted by molar-refractivity contribution is 7.89. The summed E-state index contributed by atoms with van der Waals surface area (Å²) in [6, 6.07) is 16.0. The van der Waals surface area contributed by atoms with Crippen molar-refractivity contribution < 1.29 is 17.9 Å². The third-order valence-electron chi connectivity index (χ3n) is 3.95. The van der Waals surface area contributed by atoms with Crippen LogP contribution in [0.1, 0.15) is 0 Å². The lowest BCUT2D eigenvalue weighted by Crippen LogP contribution is -2.40. The van der Waals surface area contributed by atoms with Gasteiger partial charge < -0.3 is 9.47 Å². The minimum absolute atomic E-state index is 0.111. The molecular weight excluding hydrogens is 340 g/mol. The van der Waals surface area contributed by atoms with Gasteiger partial charge in [-0.3, -0.25) is 4.98 Å². The largest absolute Gasteiger partial charge is 0.486 e. The lowest BCUT2D eigenvalue weighted by atomic mass is 10.2. The normalized spacial score (nSPS) is 16.7. The van der Waals surface area contributed by atoms with Gasteiger partial charge >= 0.3 is 0 Å². The average Bonchev–Trinajstić information content (AvgIpc) is 2.66. The summed E-state index contributed by atoms with van der Waals surface area (Å²) in [6.07, 6.45) is 1.18. The molecule has 1 N–H and O–H groups in total. The summed E-state index contributed by atoms with van der Waals surface area (Å²) < 4.78 is 39.4. The highest BCUT2D eigenvalue weighted by Gasteiger charge is 2.24. The van der Waals surface area contributed by atoms with Gasteiger partial charge in [-0.2, -0.15) is 0 Å². The molecule has 0 bridgehead atoms. The summed E-state index contributed by atoms with van der Waals surface area (Å²) in [6.45, 7) is 0.396. The highest BCUT2D eigenvalue weighted by Crippen LogP contribution is 2.30. The molecule has 7 heteroatoms. The maximum absolute atomic E-state index is 12.7. The van der Waals surface area contributed by atoms with E-state index in [-0.39, 0.29) is 18.0 Å². The lowest BCUT2D eigenvalue weighted by molar-refractivity contribution is 0.0943. The van der Waals surface area contributed by atoms with Crippen molar-refractivity contribution in [2.75, 3.05) is 13.2 Å². The fourth-order valence-corrected chi connectivity index (χ4v) is 3.98. The minimum Gasteiger partial charge on any atom is -0.486 e. The van der Waals surface area contributed by atoms with Gasteiger partial charge in [-0.1, -0.05) is 30.3 Å². The predicted octanol–water partition coefficient (Wildman–Crippen LogP) is 2.35. The molecule has 0 radical (unpaired) electrons. The molecule has 1 aliphatic rings. The number of benzene rings is 2. The van der Waals surface area contributed by atoms with Crippen molar-refractivity contribution in [2.24, 2.45) is 0 Å². The first-order chi connectivity index (χ1) is 12.1. The quantitative estimate of drug-likeness (QED) is 0.776. The van der Waals surface area contributed by atoms with E-state index in [4.69, 9.17) is 9.47 Å². The van der Waals surface area contributed by atoms with Crippen LogP contribution in [0.4, 0.5) is 0 Å². The second kappa shape index (κ2) is 6.34. The van der Waals surface area contributed by atoms with E-state index in [0.29, 0.717) is 17.0 Å². The average molecular weight is 356 g/mol. The Hall–Kier alpha value is -2.64. The molecule has 4 rings (SSSR count). The van der Waals surface area contributed by atoms with Gasteiger partial charge in [0.1, 0.15) is 17.6 Å². The molecule has 1 unspecified atom stereocenters. The molecule has 1 atom stereocenters. The molecule has 0 saturated heterocycles. The maximum Gasteiger partial charge on any atom is 0.242 e. The molecule has 128 valence electrons. The highest BCUT2D eigenvalue weighted by atomic mass is 32.2. The first-order valence-corrected chi connectivity index (χ1v) is 9.34. The number of nitrogens with zero attached hydrogens (tertiary/aromatic N) is 1. The van der Waals surface area contributed by atoms with Gasteiger partial charge in [0.15, 0.2) is 11.5 Å². The second-order valence-corrected chi connectivity index (χ2v) is 7.42. The van der Waals surface area contributed by atoms with Gasteiger partial charge in [-0.15, -0.1) is 0 Å². The Bertz CT molecular complexity index is 1020. The molecular formula is C18H16N2O4S. The van der Waals surface area contributed by atoms with Gasteiger partial charge in [-0.05, 0) is 24.3 Å². The van der Waals surface area contributed by atoms with E-state index in [0.717, 1.165) is 5.39 Å². The third kappa shape index (κ3) is 3.16. The summed E-state index contributed by atoms with van der Waals surface area (Å²) in [7, 11) is -3.71. The Morgan fingerprint density at radius 3 is 2.72 bits per heavy atom. The number of ether oxygens (including phenoxy) is 2. The molecule has 25 heavy (non-hydrogen) atoms. The number of hydrogen-bond donors (Lipinski definition) is 1. The SMILES string of the molecule is O=S(=O)(NCC1COc2ccccc2O1)c1cccc2cccnc12. The number of hydrogen-bond acceptors (Lipinski definition) is 5. The van der Waals surface area contributed by atoms with Gasteiger partial charge in [0, 0.05) is 11.6 Å². The lowest BCUT2D eigenvalue weighted by Gasteiger charge is -2.26. The number of fused-ring (bicyclic) bond motifs is 2. The van der Waals surface area contributed by atoms with E-state index in [1.165, 1.54) is 0 Å². The predicted molar refractivity (Wildman–Crippen MR) is 93.3 cm³/mol. The molecule has 0 fully saturated rings. The molecule has 2 aromatic carbocycles. The zero-order valence-corrected chi connectivity index (χ0v) is 14.1. The van der Waals surface area contributed by atoms with Gasteiger partial charge in [0.2, 0.25) is 10.0 Å². The zero-order chi connectivity index (χ0) is 17.3. The van der Waals surface area contributed by atoms with Crippen LogP contribution in [0.5, 0.6) is 11.5 Å². The molecule has 1 aliphatic heterocycles. The summed E-state index contributed by atoms with van der Waals surface area (Å²) in [4.78, 5) is 4.35. The topological polar surface area (TPSA) is 77.5 Å². The Morgan fingerprint density at radius 1 is 1.04 bits per heavy atom. The fraction of sp³-hybridized carbons (Fsp3) is 0.167. The van der Waals surface area contributed by atoms with Gasteiger partial charge in [0.05, 0.1) is 12.1 Å². The molecule has 3 aromatic rings. The summed E-state index contributed by atoms with van der Waals surface area (Å²) >= 11 is 0. The van der Waals surface area contributed by atoms with Crippen LogP contribution in [0, 0.1) is 0 Å². The fourth-order valence-electron chi connectivity index (χ4n) is 2.74. The number of nitrogens with one attached hydrogen (secondary N) is 1. The Morgan fingerprint density at radius 2 is 1.84 bits per heavy atom. The minimum atomic E-state index is -3.71. The van der Waals surface area contributed by atoms with Crippen LogP contribution in [0.3, 0.4) is 0 Å². The first-order valence-electron chi connectivity index (χ1n) is 7.85. The van der Waals surface area contributed by atoms with Crippen LogP contribution < -0.4 is 14.2 Å². The van der Waals surface area contributed by atoms with Crippen molar-refractivity contribution in [1.82, 2.24) is 9.71 Å². The number of para-hydroxylation sites is 3. The van der Waals surface area contributed by atoms with E-state index in [1.54, 1.807) is 30.5 Å². The molecule has 0 aliphatic carbocycles. The third-order valence-corrected chi connectivity index (χ3v) is 5.41. The van der Waals surface area contributed by atoms with Crippen molar-refractivity contribution in [2.45, 2.75) is 11.0 Å². The van der Waals surface area contributed by atoms with Crippen molar-refractivity contribution in [3.8, 4) is 11.5 Å². The van der Waals surface area contributed by atoms with Crippen LogP contribution in [-0.2, 0) is 10.0 Å². The van der Waals surface area contributed by atoms with Crippen molar-refractivity contribution in [1.29, 1.82) is 0 Å². The molecule has 0 amide bonds. The number of aromatic nitrogens is 1. The van der Waals surface area contributed by atoms with Crippen molar-refractivity contribution in [3.05, 3.63) is 60.8 Å². The van der Waals surface area contributed by atoms with Crippen molar-refractivity contribution >= 4 is 20.9 Å². The van der Waals surface area contributed by atoms with E-state index in [2.05, 4.69) is 9.71 Å². The second-order valence-electron chi connectivity index (χ2n) is 5.68. The monoisotopic (exact) mass is 356 g/mol. The standard InChI is InChI=1S/C18H16N2O4S/c21-25(22,17-9-3-5-13-6-4-10-19-18(13)17)20-11-14-12-23-15-7-1-2-8-16(15)24-14/h1-10,14,20H,11-12H2. The molecule has 2 heterocycles. The van der Waals surface area contributed by atoms with Crippen LogP contribution >= 0.6 is 0 Å².